The number of aryl methyl sites for hydroxylation is 1. The maximum atomic E-state index is 13.7. The van der Waals surface area contributed by atoms with Crippen molar-refractivity contribution in [2.45, 2.75) is 55.7 Å². The fraction of sp³-hybridized carbons (Fsp3) is 0.391. The highest BCUT2D eigenvalue weighted by molar-refractivity contribution is 7.90. The average Bonchev–Trinajstić information content (AvgIpc) is 3.13. The molecular weight excluding hydrogens is 434 g/mol. The van der Waals surface area contributed by atoms with E-state index in [1.54, 1.807) is 55.5 Å². The van der Waals surface area contributed by atoms with E-state index in [9.17, 15) is 28.8 Å². The molecule has 0 aliphatic carbocycles. The van der Waals surface area contributed by atoms with Gasteiger partial charge in [0.1, 0.15) is 30.5 Å². The van der Waals surface area contributed by atoms with Crippen molar-refractivity contribution in [3.05, 3.63) is 65.4 Å². The number of para-hydroxylation sites is 1. The average molecular weight is 462 g/mol. The lowest BCUT2D eigenvalue weighted by Crippen LogP contribution is -2.55. The van der Waals surface area contributed by atoms with E-state index in [-0.39, 0.29) is 4.90 Å². The Morgan fingerprint density at radius 3 is 2.25 bits per heavy atom. The fourth-order valence-electron chi connectivity index (χ4n) is 4.37. The molecule has 8 nitrogen and oxygen atoms in total. The van der Waals surface area contributed by atoms with Crippen LogP contribution in [0, 0.1) is 6.92 Å². The summed E-state index contributed by atoms with van der Waals surface area (Å²) in [7, 11) is -3.99. The summed E-state index contributed by atoms with van der Waals surface area (Å²) in [6.45, 7) is 3.10. The number of hydrogen-bond acceptors (Lipinski definition) is 7. The number of ether oxygens (including phenoxy) is 1. The standard InChI is InChI=1S/C23H27NO7S/c1-3-16-19(23-22(28)21(27)20(26)18(12-25)31-23)15-6-4-5-7-17(15)24(16)32(29,30)14-10-8-13(2)9-11-14/h4-11,18,20-23,25-28H,3,12H2,1-2H3/t18-,20-,21+,22-,23-/m1/s1. The zero-order valence-corrected chi connectivity index (χ0v) is 18.6. The first-order chi connectivity index (χ1) is 15.2. The summed E-state index contributed by atoms with van der Waals surface area (Å²) in [5, 5.41) is 41.4. The normalized spacial score (nSPS) is 26.5. The molecule has 1 fully saturated rings. The van der Waals surface area contributed by atoms with Gasteiger partial charge in [-0.25, -0.2) is 12.4 Å². The van der Waals surface area contributed by atoms with Crippen LogP contribution in [0.3, 0.4) is 0 Å². The maximum Gasteiger partial charge on any atom is 0.268 e. The number of benzene rings is 2. The fourth-order valence-corrected chi connectivity index (χ4v) is 6.00. The van der Waals surface area contributed by atoms with E-state index in [2.05, 4.69) is 0 Å². The van der Waals surface area contributed by atoms with Gasteiger partial charge in [-0.05, 0) is 31.5 Å². The molecule has 1 aliphatic rings. The largest absolute Gasteiger partial charge is 0.394 e. The van der Waals surface area contributed by atoms with Crippen LogP contribution in [-0.4, -0.2) is 63.8 Å². The second kappa shape index (κ2) is 8.58. The van der Waals surface area contributed by atoms with Gasteiger partial charge in [0.15, 0.2) is 0 Å². The highest BCUT2D eigenvalue weighted by atomic mass is 32.2. The van der Waals surface area contributed by atoms with Gasteiger partial charge in [0, 0.05) is 16.6 Å². The number of nitrogens with zero attached hydrogens (tertiary/aromatic N) is 1. The Kier molecular flexibility index (Phi) is 6.15. The summed E-state index contributed by atoms with van der Waals surface area (Å²) in [5.74, 6) is 0. The summed E-state index contributed by atoms with van der Waals surface area (Å²) < 4.78 is 34.4. The second-order valence-corrected chi connectivity index (χ2v) is 9.85. The Morgan fingerprint density at radius 1 is 0.969 bits per heavy atom. The molecule has 4 N–H and O–H groups in total. The molecule has 0 spiro atoms. The molecular formula is C23H27NO7S. The highest BCUT2D eigenvalue weighted by Gasteiger charge is 2.46. The SMILES string of the molecule is CCc1c([C@H]2O[C@H](CO)[C@@H](O)[C@H](O)[C@H]2O)c2ccccc2n1S(=O)(=O)c1ccc(C)cc1. The minimum absolute atomic E-state index is 0.124. The molecule has 0 saturated carbocycles. The van der Waals surface area contributed by atoms with Crippen molar-refractivity contribution in [1.82, 2.24) is 3.97 Å². The molecule has 1 saturated heterocycles. The molecule has 4 rings (SSSR count). The van der Waals surface area contributed by atoms with E-state index < -0.39 is 47.2 Å². The molecule has 0 bridgehead atoms. The van der Waals surface area contributed by atoms with Gasteiger partial charge >= 0.3 is 0 Å². The maximum absolute atomic E-state index is 13.7. The molecule has 0 unspecified atom stereocenters. The molecule has 0 amide bonds. The van der Waals surface area contributed by atoms with Crippen LogP contribution >= 0.6 is 0 Å². The number of fused-ring (bicyclic) bond motifs is 1. The molecule has 3 aromatic rings. The van der Waals surface area contributed by atoms with Crippen molar-refractivity contribution in [3.63, 3.8) is 0 Å². The molecule has 32 heavy (non-hydrogen) atoms. The van der Waals surface area contributed by atoms with Crippen LogP contribution in [0.2, 0.25) is 0 Å². The Labute approximate surface area is 186 Å². The summed E-state index contributed by atoms with van der Waals surface area (Å²) >= 11 is 0. The number of rotatable bonds is 5. The summed E-state index contributed by atoms with van der Waals surface area (Å²) in [6.07, 6.45) is -6.52. The van der Waals surface area contributed by atoms with Gasteiger partial charge in [0.2, 0.25) is 0 Å². The van der Waals surface area contributed by atoms with Crippen molar-refractivity contribution in [3.8, 4) is 0 Å². The predicted octanol–water partition coefficient (Wildman–Crippen LogP) is 1.26. The van der Waals surface area contributed by atoms with Crippen molar-refractivity contribution in [2.75, 3.05) is 6.61 Å². The van der Waals surface area contributed by atoms with E-state index in [1.807, 2.05) is 6.92 Å². The second-order valence-electron chi connectivity index (χ2n) is 8.06. The van der Waals surface area contributed by atoms with Crippen LogP contribution < -0.4 is 0 Å². The smallest absolute Gasteiger partial charge is 0.268 e. The monoisotopic (exact) mass is 461 g/mol. The van der Waals surface area contributed by atoms with Gasteiger partial charge in [0.05, 0.1) is 17.0 Å². The molecule has 9 heteroatoms. The van der Waals surface area contributed by atoms with E-state index in [0.29, 0.717) is 28.6 Å². The zero-order valence-electron chi connectivity index (χ0n) is 17.8. The van der Waals surface area contributed by atoms with Gasteiger partial charge in [0.25, 0.3) is 10.0 Å². The lowest BCUT2D eigenvalue weighted by atomic mass is 9.89. The van der Waals surface area contributed by atoms with Crippen LogP contribution in [0.1, 0.15) is 29.8 Å². The summed E-state index contributed by atoms with van der Waals surface area (Å²) in [6, 6.07) is 13.4. The third-order valence-corrected chi connectivity index (χ3v) is 7.81. The first kappa shape index (κ1) is 22.9. The van der Waals surface area contributed by atoms with Crippen molar-refractivity contribution in [1.29, 1.82) is 0 Å². The Morgan fingerprint density at radius 2 is 1.62 bits per heavy atom. The number of aromatic nitrogens is 1. The minimum Gasteiger partial charge on any atom is -0.394 e. The molecule has 1 aromatic heterocycles. The molecule has 172 valence electrons. The van der Waals surface area contributed by atoms with Crippen LogP contribution in [0.25, 0.3) is 10.9 Å². The minimum atomic E-state index is -3.99. The predicted molar refractivity (Wildman–Crippen MR) is 118 cm³/mol. The van der Waals surface area contributed by atoms with Gasteiger partial charge in [-0.15, -0.1) is 0 Å². The molecule has 0 radical (unpaired) electrons. The third-order valence-electron chi connectivity index (χ3n) is 6.04. The lowest BCUT2D eigenvalue weighted by molar-refractivity contribution is -0.231. The van der Waals surface area contributed by atoms with E-state index in [0.717, 1.165) is 5.56 Å². The quantitative estimate of drug-likeness (QED) is 0.450. The zero-order chi connectivity index (χ0) is 23.2. The van der Waals surface area contributed by atoms with E-state index >= 15 is 0 Å². The van der Waals surface area contributed by atoms with Crippen LogP contribution in [0.15, 0.2) is 53.4 Å². The van der Waals surface area contributed by atoms with Crippen molar-refractivity contribution >= 4 is 20.9 Å². The number of hydrogen-bond donors (Lipinski definition) is 4. The van der Waals surface area contributed by atoms with Crippen LogP contribution in [0.5, 0.6) is 0 Å². The van der Waals surface area contributed by atoms with Crippen molar-refractivity contribution < 1.29 is 33.6 Å². The van der Waals surface area contributed by atoms with Gasteiger partial charge < -0.3 is 25.2 Å². The summed E-state index contributed by atoms with van der Waals surface area (Å²) in [4.78, 5) is 0.124. The summed E-state index contributed by atoms with van der Waals surface area (Å²) in [5.41, 5.74) is 2.16. The molecule has 2 aromatic carbocycles. The molecule has 5 atom stereocenters. The lowest BCUT2D eigenvalue weighted by Gasteiger charge is -2.40. The van der Waals surface area contributed by atoms with Gasteiger partial charge in [-0.2, -0.15) is 0 Å². The van der Waals surface area contributed by atoms with E-state index in [4.69, 9.17) is 4.74 Å². The first-order valence-electron chi connectivity index (χ1n) is 10.5. The van der Waals surface area contributed by atoms with Crippen molar-refractivity contribution in [2.24, 2.45) is 0 Å². The first-order valence-corrected chi connectivity index (χ1v) is 11.9. The van der Waals surface area contributed by atoms with Crippen LogP contribution in [0.4, 0.5) is 0 Å². The molecule has 1 aliphatic heterocycles. The Hall–Kier alpha value is -2.27. The van der Waals surface area contributed by atoms with E-state index in [1.165, 1.54) is 3.97 Å². The Balaban J connectivity index is 1.97. The van der Waals surface area contributed by atoms with Crippen LogP contribution in [-0.2, 0) is 21.2 Å². The topological polar surface area (TPSA) is 129 Å². The highest BCUT2D eigenvalue weighted by Crippen LogP contribution is 2.41. The number of aliphatic hydroxyl groups is 4. The van der Waals surface area contributed by atoms with Gasteiger partial charge in [-0.3, -0.25) is 0 Å². The molecule has 2 heterocycles. The Bertz CT molecular complexity index is 1220. The van der Waals surface area contributed by atoms with Gasteiger partial charge in [-0.1, -0.05) is 42.8 Å². The number of aliphatic hydroxyl groups excluding tert-OH is 4. The third kappa shape index (κ3) is 3.55.